The molecule has 0 aromatic heterocycles. The van der Waals surface area contributed by atoms with E-state index in [1.165, 1.54) is 0 Å². The number of ether oxygens (including phenoxy) is 1. The molecule has 124 valence electrons. The second kappa shape index (κ2) is 8.79. The number of carboxylic acid groups (broad SMARTS) is 1. The highest BCUT2D eigenvalue weighted by Crippen LogP contribution is 2.25. The van der Waals surface area contributed by atoms with E-state index >= 15 is 0 Å². The SMILES string of the molecule is CCC(CC)(CNCc1ccc(OCC(C)C)cc1)C(=O)O. The number of hydrogen-bond acceptors (Lipinski definition) is 3. The number of rotatable bonds is 10. The molecule has 0 aliphatic heterocycles. The molecule has 2 N–H and O–H groups in total. The Morgan fingerprint density at radius 2 is 1.82 bits per heavy atom. The van der Waals surface area contributed by atoms with E-state index in [0.29, 0.717) is 38.5 Å². The predicted octanol–water partition coefficient (Wildman–Crippen LogP) is 3.70. The Morgan fingerprint density at radius 1 is 1.23 bits per heavy atom. The van der Waals surface area contributed by atoms with E-state index in [4.69, 9.17) is 4.74 Å². The van der Waals surface area contributed by atoms with Gasteiger partial charge in [0.2, 0.25) is 0 Å². The van der Waals surface area contributed by atoms with E-state index < -0.39 is 11.4 Å². The monoisotopic (exact) mass is 307 g/mol. The van der Waals surface area contributed by atoms with Crippen molar-refractivity contribution in [1.82, 2.24) is 5.32 Å². The first-order chi connectivity index (χ1) is 10.4. The van der Waals surface area contributed by atoms with Gasteiger partial charge in [-0.15, -0.1) is 0 Å². The molecule has 4 heteroatoms. The first-order valence-corrected chi connectivity index (χ1v) is 8.09. The maximum atomic E-state index is 11.4. The lowest BCUT2D eigenvalue weighted by molar-refractivity contribution is -0.149. The molecule has 22 heavy (non-hydrogen) atoms. The minimum absolute atomic E-state index is 0.487. The van der Waals surface area contributed by atoms with Crippen molar-refractivity contribution >= 4 is 5.97 Å². The second-order valence-electron chi connectivity index (χ2n) is 6.24. The molecule has 0 aliphatic carbocycles. The van der Waals surface area contributed by atoms with Crippen LogP contribution in [0.15, 0.2) is 24.3 Å². The van der Waals surface area contributed by atoms with Crippen LogP contribution in [0.4, 0.5) is 0 Å². The molecule has 0 radical (unpaired) electrons. The summed E-state index contributed by atoms with van der Waals surface area (Å²) in [4.78, 5) is 11.4. The van der Waals surface area contributed by atoms with Crippen molar-refractivity contribution in [1.29, 1.82) is 0 Å². The molecule has 0 unspecified atom stereocenters. The average Bonchev–Trinajstić information content (AvgIpc) is 2.50. The van der Waals surface area contributed by atoms with Crippen LogP contribution in [-0.4, -0.2) is 24.2 Å². The van der Waals surface area contributed by atoms with Crippen LogP contribution in [-0.2, 0) is 11.3 Å². The maximum absolute atomic E-state index is 11.4. The molecule has 0 atom stereocenters. The summed E-state index contributed by atoms with van der Waals surface area (Å²) in [5, 5.41) is 12.7. The number of nitrogens with one attached hydrogen (secondary N) is 1. The summed E-state index contributed by atoms with van der Waals surface area (Å²) in [5.41, 5.74) is 0.462. The first-order valence-electron chi connectivity index (χ1n) is 8.09. The van der Waals surface area contributed by atoms with Gasteiger partial charge in [-0.2, -0.15) is 0 Å². The van der Waals surface area contributed by atoms with Crippen molar-refractivity contribution in [2.75, 3.05) is 13.2 Å². The van der Waals surface area contributed by atoms with Crippen LogP contribution in [0.2, 0.25) is 0 Å². The maximum Gasteiger partial charge on any atom is 0.310 e. The zero-order chi connectivity index (χ0) is 16.6. The van der Waals surface area contributed by atoms with Crippen LogP contribution < -0.4 is 10.1 Å². The minimum atomic E-state index is -0.720. The highest BCUT2D eigenvalue weighted by Gasteiger charge is 2.34. The molecule has 0 fully saturated rings. The minimum Gasteiger partial charge on any atom is -0.493 e. The summed E-state index contributed by atoms with van der Waals surface area (Å²) < 4.78 is 5.65. The van der Waals surface area contributed by atoms with Gasteiger partial charge in [0.25, 0.3) is 0 Å². The van der Waals surface area contributed by atoms with Gasteiger partial charge in [0.1, 0.15) is 5.75 Å². The third-order valence-electron chi connectivity index (χ3n) is 4.11. The predicted molar refractivity (Wildman–Crippen MR) is 89.1 cm³/mol. The number of carbonyl (C=O) groups is 1. The number of aliphatic carboxylic acids is 1. The topological polar surface area (TPSA) is 58.6 Å². The molecule has 0 saturated heterocycles. The van der Waals surface area contributed by atoms with Crippen LogP contribution in [0.3, 0.4) is 0 Å². The van der Waals surface area contributed by atoms with Crippen molar-refractivity contribution in [3.05, 3.63) is 29.8 Å². The summed E-state index contributed by atoms with van der Waals surface area (Å²) in [6, 6.07) is 7.96. The lowest BCUT2D eigenvalue weighted by Crippen LogP contribution is -2.39. The standard InChI is InChI=1S/C18H29NO3/c1-5-18(6-2,17(20)21)13-19-11-15-7-9-16(10-8-15)22-12-14(3)4/h7-10,14,19H,5-6,11-13H2,1-4H3,(H,20,21). The van der Waals surface area contributed by atoms with Crippen LogP contribution >= 0.6 is 0 Å². The summed E-state index contributed by atoms with van der Waals surface area (Å²) in [6.45, 7) is 9.97. The molecule has 0 amide bonds. The van der Waals surface area contributed by atoms with Crippen molar-refractivity contribution in [2.45, 2.75) is 47.1 Å². The highest BCUT2D eigenvalue weighted by molar-refractivity contribution is 5.74. The van der Waals surface area contributed by atoms with E-state index in [1.807, 2.05) is 38.1 Å². The molecule has 1 aromatic carbocycles. The fourth-order valence-electron chi connectivity index (χ4n) is 2.29. The molecular weight excluding hydrogens is 278 g/mol. The molecule has 0 heterocycles. The molecule has 0 aliphatic rings. The molecular formula is C18H29NO3. The Balaban J connectivity index is 2.49. The van der Waals surface area contributed by atoms with Gasteiger partial charge in [-0.05, 0) is 36.5 Å². The van der Waals surface area contributed by atoms with Gasteiger partial charge < -0.3 is 15.2 Å². The summed E-state index contributed by atoms with van der Waals surface area (Å²) >= 11 is 0. The Bertz CT molecular complexity index is 450. The van der Waals surface area contributed by atoms with E-state index in [0.717, 1.165) is 11.3 Å². The van der Waals surface area contributed by atoms with Gasteiger partial charge >= 0.3 is 5.97 Å². The Kier molecular flexibility index (Phi) is 7.39. The largest absolute Gasteiger partial charge is 0.493 e. The molecule has 4 nitrogen and oxygen atoms in total. The number of carboxylic acids is 1. The van der Waals surface area contributed by atoms with Crippen molar-refractivity contribution < 1.29 is 14.6 Å². The molecule has 1 rings (SSSR count). The summed E-state index contributed by atoms with van der Waals surface area (Å²) in [6.07, 6.45) is 1.27. The van der Waals surface area contributed by atoms with Gasteiger partial charge in [-0.25, -0.2) is 0 Å². The van der Waals surface area contributed by atoms with E-state index in [1.54, 1.807) is 0 Å². The molecule has 0 saturated carbocycles. The zero-order valence-electron chi connectivity index (χ0n) is 14.2. The normalized spacial score (nSPS) is 11.7. The van der Waals surface area contributed by atoms with Crippen molar-refractivity contribution in [3.8, 4) is 5.75 Å². The first kappa shape index (κ1) is 18.5. The molecule has 0 bridgehead atoms. The van der Waals surface area contributed by atoms with E-state index in [2.05, 4.69) is 19.2 Å². The van der Waals surface area contributed by atoms with Gasteiger partial charge in [0, 0.05) is 13.1 Å². The smallest absolute Gasteiger partial charge is 0.310 e. The van der Waals surface area contributed by atoms with Crippen LogP contribution in [0, 0.1) is 11.3 Å². The van der Waals surface area contributed by atoms with Gasteiger partial charge in [-0.3, -0.25) is 4.79 Å². The molecule has 1 aromatic rings. The lowest BCUT2D eigenvalue weighted by atomic mass is 9.82. The van der Waals surface area contributed by atoms with E-state index in [-0.39, 0.29) is 0 Å². The summed E-state index contributed by atoms with van der Waals surface area (Å²) in [5.74, 6) is 0.662. The second-order valence-corrected chi connectivity index (χ2v) is 6.24. The van der Waals surface area contributed by atoms with Crippen molar-refractivity contribution in [2.24, 2.45) is 11.3 Å². The third-order valence-corrected chi connectivity index (χ3v) is 4.11. The van der Waals surface area contributed by atoms with Crippen LogP contribution in [0.25, 0.3) is 0 Å². The third kappa shape index (κ3) is 5.34. The van der Waals surface area contributed by atoms with E-state index in [9.17, 15) is 9.90 Å². The Hall–Kier alpha value is -1.55. The zero-order valence-corrected chi connectivity index (χ0v) is 14.2. The summed E-state index contributed by atoms with van der Waals surface area (Å²) in [7, 11) is 0. The Morgan fingerprint density at radius 3 is 2.27 bits per heavy atom. The highest BCUT2D eigenvalue weighted by atomic mass is 16.5. The van der Waals surface area contributed by atoms with Crippen molar-refractivity contribution in [3.63, 3.8) is 0 Å². The number of benzene rings is 1. The van der Waals surface area contributed by atoms with Crippen LogP contribution in [0.5, 0.6) is 5.75 Å². The van der Waals surface area contributed by atoms with Gasteiger partial charge in [-0.1, -0.05) is 39.8 Å². The fraction of sp³-hybridized carbons (Fsp3) is 0.611. The molecule has 0 spiro atoms. The van der Waals surface area contributed by atoms with Crippen LogP contribution in [0.1, 0.15) is 46.1 Å². The Labute approximate surface area is 133 Å². The lowest BCUT2D eigenvalue weighted by Gasteiger charge is -2.27. The van der Waals surface area contributed by atoms with Gasteiger partial charge in [0.15, 0.2) is 0 Å². The fourth-order valence-corrected chi connectivity index (χ4v) is 2.29. The average molecular weight is 307 g/mol. The quantitative estimate of drug-likeness (QED) is 0.692. The van der Waals surface area contributed by atoms with Gasteiger partial charge in [0.05, 0.1) is 12.0 Å². The number of hydrogen-bond donors (Lipinski definition) is 2.